The van der Waals surface area contributed by atoms with Gasteiger partial charge in [0.25, 0.3) is 0 Å². The topological polar surface area (TPSA) is 53.4 Å². The van der Waals surface area contributed by atoms with Gasteiger partial charge in [-0.2, -0.15) is 0 Å². The normalized spacial score (nSPS) is 10.0. The smallest absolute Gasteiger partial charge is 0.323 e. The fraction of sp³-hybridized carbons (Fsp3) is 0.455. The minimum absolute atomic E-state index is 0.00426. The summed E-state index contributed by atoms with van der Waals surface area (Å²) >= 11 is 0. The first-order valence-electron chi connectivity index (χ1n) is 5.03. The van der Waals surface area contributed by atoms with Crippen LogP contribution in [0.25, 0.3) is 0 Å². The molecule has 1 aromatic rings. The average Bonchev–Trinajstić information content (AvgIpc) is 2.16. The van der Waals surface area contributed by atoms with E-state index in [2.05, 4.69) is 4.98 Å². The number of aryl methyl sites for hydroxylation is 1. The van der Waals surface area contributed by atoms with Gasteiger partial charge in [-0.25, -0.2) is 4.98 Å². The highest BCUT2D eigenvalue weighted by atomic mass is 16.4. The molecular weight excluding hydrogens is 192 g/mol. The van der Waals surface area contributed by atoms with Crippen molar-refractivity contribution in [1.29, 1.82) is 0 Å². The molecule has 0 amide bonds. The number of carbonyl (C=O) groups is 1. The molecule has 0 aliphatic heterocycles. The van der Waals surface area contributed by atoms with Crippen molar-refractivity contribution in [3.8, 4) is 0 Å². The minimum Gasteiger partial charge on any atom is -0.480 e. The summed E-state index contributed by atoms with van der Waals surface area (Å²) in [6.07, 6.45) is 2.61. The molecule has 1 rings (SSSR count). The Kier molecular flexibility index (Phi) is 4.09. The van der Waals surface area contributed by atoms with Crippen molar-refractivity contribution in [2.24, 2.45) is 0 Å². The lowest BCUT2D eigenvalue weighted by Gasteiger charge is -2.20. The zero-order chi connectivity index (χ0) is 11.3. The van der Waals surface area contributed by atoms with Gasteiger partial charge in [0.05, 0.1) is 0 Å². The van der Waals surface area contributed by atoms with Gasteiger partial charge in [-0.15, -0.1) is 0 Å². The van der Waals surface area contributed by atoms with E-state index in [1.54, 1.807) is 11.1 Å². The maximum atomic E-state index is 10.7. The van der Waals surface area contributed by atoms with Gasteiger partial charge in [-0.1, -0.05) is 6.92 Å². The standard InChI is InChI=1S/C11H16N2O2/c1-3-6-13(8-11(14)15)10-7-9(2)4-5-12-10/h4-5,7H,3,6,8H2,1-2H3,(H,14,15). The van der Waals surface area contributed by atoms with E-state index < -0.39 is 5.97 Å². The molecule has 0 aromatic carbocycles. The molecule has 1 N–H and O–H groups in total. The largest absolute Gasteiger partial charge is 0.480 e. The van der Waals surface area contributed by atoms with Crippen molar-refractivity contribution in [3.05, 3.63) is 23.9 Å². The number of nitrogens with zero attached hydrogens (tertiary/aromatic N) is 2. The van der Waals surface area contributed by atoms with E-state index in [9.17, 15) is 4.79 Å². The number of rotatable bonds is 5. The molecule has 1 aromatic heterocycles. The lowest BCUT2D eigenvalue weighted by molar-refractivity contribution is -0.135. The summed E-state index contributed by atoms with van der Waals surface area (Å²) in [5, 5.41) is 8.77. The van der Waals surface area contributed by atoms with Gasteiger partial charge >= 0.3 is 5.97 Å². The van der Waals surface area contributed by atoms with E-state index in [-0.39, 0.29) is 6.54 Å². The summed E-state index contributed by atoms with van der Waals surface area (Å²) in [5.74, 6) is -0.0917. The molecule has 0 fully saturated rings. The number of carboxylic acid groups (broad SMARTS) is 1. The third-order valence-electron chi connectivity index (χ3n) is 2.04. The Hall–Kier alpha value is -1.58. The van der Waals surface area contributed by atoms with Gasteiger partial charge in [0.15, 0.2) is 0 Å². The zero-order valence-corrected chi connectivity index (χ0v) is 9.10. The quantitative estimate of drug-likeness (QED) is 0.800. The maximum absolute atomic E-state index is 10.7. The number of carboxylic acids is 1. The van der Waals surface area contributed by atoms with Crippen LogP contribution >= 0.6 is 0 Å². The predicted molar refractivity (Wildman–Crippen MR) is 59.1 cm³/mol. The van der Waals surface area contributed by atoms with Gasteiger partial charge in [0.2, 0.25) is 0 Å². The van der Waals surface area contributed by atoms with E-state index in [4.69, 9.17) is 5.11 Å². The fourth-order valence-electron chi connectivity index (χ4n) is 1.40. The number of anilines is 1. The van der Waals surface area contributed by atoms with Crippen LogP contribution in [0.5, 0.6) is 0 Å². The molecule has 0 saturated carbocycles. The highest BCUT2D eigenvalue weighted by Crippen LogP contribution is 2.12. The van der Waals surface area contributed by atoms with Crippen LogP contribution in [0.1, 0.15) is 18.9 Å². The summed E-state index contributed by atoms with van der Waals surface area (Å²) < 4.78 is 0. The second kappa shape index (κ2) is 5.34. The summed E-state index contributed by atoms with van der Waals surface area (Å²) in [7, 11) is 0. The van der Waals surface area contributed by atoms with E-state index in [0.29, 0.717) is 6.54 Å². The molecule has 0 saturated heterocycles. The van der Waals surface area contributed by atoms with Crippen molar-refractivity contribution in [2.75, 3.05) is 18.0 Å². The monoisotopic (exact) mass is 208 g/mol. The molecule has 0 unspecified atom stereocenters. The number of aromatic nitrogens is 1. The van der Waals surface area contributed by atoms with E-state index in [0.717, 1.165) is 17.8 Å². The van der Waals surface area contributed by atoms with E-state index in [1.165, 1.54) is 0 Å². The summed E-state index contributed by atoms with van der Waals surface area (Å²) in [6, 6.07) is 3.80. The molecule has 0 atom stereocenters. The molecule has 0 radical (unpaired) electrons. The van der Waals surface area contributed by atoms with Crippen molar-refractivity contribution in [1.82, 2.24) is 4.98 Å². The van der Waals surface area contributed by atoms with Crippen molar-refractivity contribution in [2.45, 2.75) is 20.3 Å². The molecule has 0 spiro atoms. The molecule has 0 aliphatic rings. The first-order valence-corrected chi connectivity index (χ1v) is 5.03. The van der Waals surface area contributed by atoms with E-state index >= 15 is 0 Å². The Labute approximate surface area is 89.6 Å². The average molecular weight is 208 g/mol. The van der Waals surface area contributed by atoms with Crippen LogP contribution in [0.2, 0.25) is 0 Å². The van der Waals surface area contributed by atoms with Gasteiger partial charge in [0, 0.05) is 12.7 Å². The number of aliphatic carboxylic acids is 1. The second-order valence-corrected chi connectivity index (χ2v) is 3.51. The Balaban J connectivity index is 2.83. The van der Waals surface area contributed by atoms with Crippen molar-refractivity contribution >= 4 is 11.8 Å². The third kappa shape index (κ3) is 3.58. The molecule has 82 valence electrons. The highest BCUT2D eigenvalue weighted by Gasteiger charge is 2.10. The lowest BCUT2D eigenvalue weighted by atomic mass is 10.3. The van der Waals surface area contributed by atoms with Gasteiger partial charge in [0.1, 0.15) is 12.4 Å². The van der Waals surface area contributed by atoms with Crippen LogP contribution < -0.4 is 4.90 Å². The number of hydrogen-bond acceptors (Lipinski definition) is 3. The first kappa shape index (κ1) is 11.5. The molecule has 1 heterocycles. The number of hydrogen-bond donors (Lipinski definition) is 1. The van der Waals surface area contributed by atoms with Crippen molar-refractivity contribution < 1.29 is 9.90 Å². The molecule has 4 heteroatoms. The van der Waals surface area contributed by atoms with Gasteiger partial charge < -0.3 is 10.0 Å². The summed E-state index contributed by atoms with van der Waals surface area (Å²) in [5.41, 5.74) is 1.09. The van der Waals surface area contributed by atoms with Crippen LogP contribution in [0.3, 0.4) is 0 Å². The zero-order valence-electron chi connectivity index (χ0n) is 9.10. The highest BCUT2D eigenvalue weighted by molar-refractivity contribution is 5.73. The molecular formula is C11H16N2O2. The van der Waals surface area contributed by atoms with Crippen LogP contribution in [0.4, 0.5) is 5.82 Å². The SMILES string of the molecule is CCCN(CC(=O)O)c1cc(C)ccn1. The third-order valence-corrected chi connectivity index (χ3v) is 2.04. The summed E-state index contributed by atoms with van der Waals surface area (Å²) in [4.78, 5) is 16.6. The Bertz CT molecular complexity index is 339. The van der Waals surface area contributed by atoms with Crippen molar-refractivity contribution in [3.63, 3.8) is 0 Å². The van der Waals surface area contributed by atoms with E-state index in [1.807, 2.05) is 26.0 Å². The maximum Gasteiger partial charge on any atom is 0.323 e. The van der Waals surface area contributed by atoms with Crippen LogP contribution in [-0.2, 0) is 4.79 Å². The molecule has 0 aliphatic carbocycles. The summed E-state index contributed by atoms with van der Waals surface area (Å²) in [6.45, 7) is 4.70. The van der Waals surface area contributed by atoms with Crippen LogP contribution in [0, 0.1) is 6.92 Å². The minimum atomic E-state index is -0.827. The molecule has 15 heavy (non-hydrogen) atoms. The predicted octanol–water partition coefficient (Wildman–Crippen LogP) is 1.69. The number of pyridine rings is 1. The molecule has 4 nitrogen and oxygen atoms in total. The van der Waals surface area contributed by atoms with Crippen LogP contribution in [-0.4, -0.2) is 29.1 Å². The Morgan fingerprint density at radius 2 is 2.33 bits per heavy atom. The lowest BCUT2D eigenvalue weighted by Crippen LogP contribution is -2.31. The fourth-order valence-corrected chi connectivity index (χ4v) is 1.40. The molecule has 0 bridgehead atoms. The second-order valence-electron chi connectivity index (χ2n) is 3.51. The van der Waals surface area contributed by atoms with Gasteiger partial charge in [-0.3, -0.25) is 4.79 Å². The Morgan fingerprint density at radius 3 is 2.87 bits per heavy atom. The Morgan fingerprint density at radius 1 is 1.60 bits per heavy atom. The van der Waals surface area contributed by atoms with Crippen LogP contribution in [0.15, 0.2) is 18.3 Å². The van der Waals surface area contributed by atoms with Gasteiger partial charge in [-0.05, 0) is 31.0 Å². The first-order chi connectivity index (χ1) is 7.13.